The number of benzene rings is 1. The molecule has 0 atom stereocenters. The normalized spacial score (nSPS) is 13.9. The first-order chi connectivity index (χ1) is 9.74. The van der Waals surface area contributed by atoms with Crippen LogP contribution in [0.3, 0.4) is 0 Å². The molecule has 1 aromatic rings. The van der Waals surface area contributed by atoms with E-state index in [1.54, 1.807) is 0 Å². The zero-order valence-electron chi connectivity index (χ0n) is 14.2. The van der Waals surface area contributed by atoms with Crippen molar-refractivity contribution in [3.05, 3.63) is 58.9 Å². The minimum Gasteiger partial charge on any atom is -0.396 e. The predicted molar refractivity (Wildman–Crippen MR) is 99.9 cm³/mol. The monoisotopic (exact) mass is 318 g/mol. The zero-order chi connectivity index (χ0) is 15.9. The average Bonchev–Trinajstić information content (AvgIpc) is 2.37. The maximum Gasteiger partial charge on any atom is 0.0771 e. The highest BCUT2D eigenvalue weighted by Crippen LogP contribution is 2.20. The largest absolute Gasteiger partial charge is 0.396 e. The standard InChI is InChI=1S/C18H30OSi2/c1-20(2,3)18(12-9-14-19)13-15-21(4,5)16-17-10-7-6-8-11-17/h6-8,10-13,15,19H,9,14,16H2,1-5H3/b15-13+,18-12-. The van der Waals surface area contributed by atoms with Crippen LogP contribution in [0, 0.1) is 0 Å². The van der Waals surface area contributed by atoms with E-state index < -0.39 is 16.1 Å². The van der Waals surface area contributed by atoms with Crippen LogP contribution >= 0.6 is 0 Å². The summed E-state index contributed by atoms with van der Waals surface area (Å²) < 4.78 is 0. The number of aliphatic hydroxyl groups excluding tert-OH is 1. The Labute approximate surface area is 132 Å². The van der Waals surface area contributed by atoms with Crippen molar-refractivity contribution in [2.75, 3.05) is 6.61 Å². The van der Waals surface area contributed by atoms with Gasteiger partial charge in [-0.05, 0) is 12.5 Å². The lowest BCUT2D eigenvalue weighted by Gasteiger charge is -2.22. The van der Waals surface area contributed by atoms with Gasteiger partial charge in [-0.1, -0.05) is 91.7 Å². The first kappa shape index (κ1) is 18.1. The van der Waals surface area contributed by atoms with Gasteiger partial charge in [0.25, 0.3) is 0 Å². The average molecular weight is 319 g/mol. The Hall–Kier alpha value is -0.906. The van der Waals surface area contributed by atoms with Gasteiger partial charge in [0.1, 0.15) is 0 Å². The van der Waals surface area contributed by atoms with Crippen LogP contribution in [-0.2, 0) is 6.04 Å². The molecule has 1 aromatic carbocycles. The van der Waals surface area contributed by atoms with E-state index in [4.69, 9.17) is 5.11 Å². The molecule has 1 nitrogen and oxygen atoms in total. The molecule has 21 heavy (non-hydrogen) atoms. The van der Waals surface area contributed by atoms with E-state index in [2.05, 4.69) is 80.9 Å². The van der Waals surface area contributed by atoms with E-state index in [1.165, 1.54) is 16.8 Å². The van der Waals surface area contributed by atoms with Gasteiger partial charge in [-0.3, -0.25) is 0 Å². The zero-order valence-corrected chi connectivity index (χ0v) is 16.2. The molecular formula is C18H30OSi2. The molecule has 0 heterocycles. The third-order valence-corrected chi connectivity index (χ3v) is 8.07. The van der Waals surface area contributed by atoms with Crippen LogP contribution in [-0.4, -0.2) is 27.9 Å². The second-order valence-electron chi connectivity index (χ2n) is 7.41. The van der Waals surface area contributed by atoms with Crippen molar-refractivity contribution in [2.45, 2.75) is 45.2 Å². The van der Waals surface area contributed by atoms with E-state index >= 15 is 0 Å². The third kappa shape index (κ3) is 7.07. The van der Waals surface area contributed by atoms with Crippen LogP contribution in [0.1, 0.15) is 12.0 Å². The summed E-state index contributed by atoms with van der Waals surface area (Å²) in [6.07, 6.45) is 5.36. The van der Waals surface area contributed by atoms with Crippen molar-refractivity contribution in [2.24, 2.45) is 0 Å². The van der Waals surface area contributed by atoms with Crippen LogP contribution in [0.25, 0.3) is 0 Å². The molecule has 0 radical (unpaired) electrons. The lowest BCUT2D eigenvalue weighted by atomic mass is 10.2. The molecular weight excluding hydrogens is 288 g/mol. The second kappa shape index (κ2) is 7.92. The number of allylic oxidation sites excluding steroid dienone is 2. The second-order valence-corrected chi connectivity index (χ2v) is 17.1. The van der Waals surface area contributed by atoms with Gasteiger partial charge in [0, 0.05) is 6.61 Å². The molecule has 0 aromatic heterocycles. The SMILES string of the molecule is C[Si](C)(/C=C/C(=C/CCO)[Si](C)(C)C)Cc1ccccc1. The number of hydrogen-bond donors (Lipinski definition) is 1. The fourth-order valence-corrected chi connectivity index (χ4v) is 5.88. The van der Waals surface area contributed by atoms with E-state index in [0.29, 0.717) is 0 Å². The quantitative estimate of drug-likeness (QED) is 0.568. The molecule has 3 heteroatoms. The maximum atomic E-state index is 9.06. The lowest BCUT2D eigenvalue weighted by Crippen LogP contribution is -2.28. The van der Waals surface area contributed by atoms with Gasteiger partial charge < -0.3 is 5.11 Å². The third-order valence-electron chi connectivity index (χ3n) is 3.58. The van der Waals surface area contributed by atoms with Crippen LogP contribution in [0.4, 0.5) is 0 Å². The molecule has 0 aliphatic heterocycles. The molecule has 0 spiro atoms. The molecule has 0 unspecified atom stereocenters. The molecule has 0 bridgehead atoms. The highest BCUT2D eigenvalue weighted by atomic mass is 28.3. The van der Waals surface area contributed by atoms with Gasteiger partial charge in [-0.15, -0.1) is 0 Å². The molecule has 0 saturated carbocycles. The van der Waals surface area contributed by atoms with Crippen molar-refractivity contribution in [1.29, 1.82) is 0 Å². The van der Waals surface area contributed by atoms with Crippen molar-refractivity contribution >= 4 is 16.1 Å². The Kier molecular flexibility index (Phi) is 6.84. The summed E-state index contributed by atoms with van der Waals surface area (Å²) in [7, 11) is -2.72. The van der Waals surface area contributed by atoms with Gasteiger partial charge in [-0.25, -0.2) is 0 Å². The van der Waals surface area contributed by atoms with Crippen LogP contribution in [0.5, 0.6) is 0 Å². The van der Waals surface area contributed by atoms with Crippen molar-refractivity contribution in [3.8, 4) is 0 Å². The molecule has 1 rings (SSSR count). The Bertz CT molecular complexity index is 482. The van der Waals surface area contributed by atoms with Crippen LogP contribution in [0.2, 0.25) is 32.7 Å². The Morgan fingerprint density at radius 1 is 1.05 bits per heavy atom. The van der Waals surface area contributed by atoms with Gasteiger partial charge in [0.15, 0.2) is 0 Å². The molecule has 0 fully saturated rings. The molecule has 0 aliphatic rings. The summed E-state index contributed by atoms with van der Waals surface area (Å²) in [5, 5.41) is 10.5. The van der Waals surface area contributed by atoms with Gasteiger partial charge in [-0.2, -0.15) is 0 Å². The number of aliphatic hydroxyl groups is 1. The highest BCUT2D eigenvalue weighted by molar-refractivity contribution is 6.85. The van der Waals surface area contributed by atoms with Crippen molar-refractivity contribution in [1.82, 2.24) is 0 Å². The maximum absolute atomic E-state index is 9.06. The lowest BCUT2D eigenvalue weighted by molar-refractivity contribution is 0.302. The smallest absolute Gasteiger partial charge is 0.0771 e. The van der Waals surface area contributed by atoms with E-state index in [0.717, 1.165) is 6.42 Å². The first-order valence-corrected chi connectivity index (χ1v) is 14.6. The fraction of sp³-hybridized carbons (Fsp3) is 0.444. The molecule has 0 amide bonds. The number of hydrogen-bond acceptors (Lipinski definition) is 1. The summed E-state index contributed by atoms with van der Waals surface area (Å²) in [6.45, 7) is 12.2. The minimum absolute atomic E-state index is 0.243. The van der Waals surface area contributed by atoms with Gasteiger partial charge in [0.2, 0.25) is 0 Å². The summed E-state index contributed by atoms with van der Waals surface area (Å²) in [5.41, 5.74) is 3.91. The summed E-state index contributed by atoms with van der Waals surface area (Å²) in [4.78, 5) is 0. The molecule has 116 valence electrons. The molecule has 0 aliphatic carbocycles. The van der Waals surface area contributed by atoms with E-state index in [1.807, 2.05) is 0 Å². The molecule has 0 saturated heterocycles. The van der Waals surface area contributed by atoms with Crippen LogP contribution < -0.4 is 0 Å². The van der Waals surface area contributed by atoms with Crippen LogP contribution in [0.15, 0.2) is 53.4 Å². The Balaban J connectivity index is 2.84. The summed E-state index contributed by atoms with van der Waals surface area (Å²) in [5.74, 6) is 0. The Morgan fingerprint density at radius 2 is 1.67 bits per heavy atom. The van der Waals surface area contributed by atoms with Gasteiger partial charge in [0.05, 0.1) is 16.1 Å². The van der Waals surface area contributed by atoms with Crippen molar-refractivity contribution in [3.63, 3.8) is 0 Å². The van der Waals surface area contributed by atoms with E-state index in [9.17, 15) is 0 Å². The van der Waals surface area contributed by atoms with Gasteiger partial charge >= 0.3 is 0 Å². The molecule has 1 N–H and O–H groups in total. The van der Waals surface area contributed by atoms with E-state index in [-0.39, 0.29) is 6.61 Å². The predicted octanol–water partition coefficient (Wildman–Crippen LogP) is 4.76. The minimum atomic E-state index is -1.39. The summed E-state index contributed by atoms with van der Waals surface area (Å²) >= 11 is 0. The number of rotatable bonds is 7. The first-order valence-electron chi connectivity index (χ1n) is 7.79. The summed E-state index contributed by atoms with van der Waals surface area (Å²) in [6, 6.07) is 12.0. The topological polar surface area (TPSA) is 20.2 Å². The highest BCUT2D eigenvalue weighted by Gasteiger charge is 2.21. The Morgan fingerprint density at radius 3 is 2.19 bits per heavy atom. The fourth-order valence-electron chi connectivity index (χ4n) is 2.34. The van der Waals surface area contributed by atoms with Crippen molar-refractivity contribution < 1.29 is 5.11 Å².